The van der Waals surface area contributed by atoms with E-state index in [9.17, 15) is 4.79 Å². The van der Waals surface area contributed by atoms with E-state index in [0.717, 1.165) is 0 Å². The molecule has 0 aliphatic carbocycles. The van der Waals surface area contributed by atoms with Crippen molar-refractivity contribution in [1.82, 2.24) is 9.97 Å². The van der Waals surface area contributed by atoms with Crippen molar-refractivity contribution < 1.29 is 14.6 Å². The summed E-state index contributed by atoms with van der Waals surface area (Å²) in [6.07, 6.45) is 1.32. The Kier molecular flexibility index (Phi) is 3.22. The fourth-order valence-corrected chi connectivity index (χ4v) is 0.977. The number of carboxylic acids is 1. The second-order valence-corrected chi connectivity index (χ2v) is 2.60. The lowest BCUT2D eigenvalue weighted by Crippen LogP contribution is -2.14. The van der Waals surface area contributed by atoms with E-state index in [0.29, 0.717) is 17.3 Å². The molecule has 0 atom stereocenters. The van der Waals surface area contributed by atoms with E-state index in [1.807, 2.05) is 0 Å². The predicted octanol–water partition coefficient (Wildman–Crippen LogP) is 0.290. The van der Waals surface area contributed by atoms with Gasteiger partial charge in [0.15, 0.2) is 0 Å². The van der Waals surface area contributed by atoms with Gasteiger partial charge in [-0.2, -0.15) is 0 Å². The maximum Gasteiger partial charge on any atom is 0.322 e. The van der Waals surface area contributed by atoms with Crippen LogP contribution in [-0.2, 0) is 4.79 Å². The molecule has 0 saturated carbocycles. The maximum atomic E-state index is 10.3. The lowest BCUT2D eigenvalue weighted by Gasteiger charge is -2.08. The van der Waals surface area contributed by atoms with Crippen LogP contribution in [0.5, 0.6) is 5.88 Å². The first-order chi connectivity index (χ1) is 6.65. The van der Waals surface area contributed by atoms with Crippen molar-refractivity contribution in [2.45, 2.75) is 6.92 Å². The SMILES string of the molecule is COc1ncnc(NCC(=O)O)c1C. The lowest BCUT2D eigenvalue weighted by atomic mass is 10.3. The number of rotatable bonds is 4. The molecule has 1 aromatic heterocycles. The van der Waals surface area contributed by atoms with Gasteiger partial charge in [0.05, 0.1) is 12.7 Å². The first-order valence-electron chi connectivity index (χ1n) is 3.96. The standard InChI is InChI=1S/C8H11N3O3/c1-5-7(9-3-6(12)13)10-4-11-8(5)14-2/h4H,3H2,1-2H3,(H,12,13)(H,9,10,11). The Labute approximate surface area is 80.9 Å². The lowest BCUT2D eigenvalue weighted by molar-refractivity contribution is -0.134. The van der Waals surface area contributed by atoms with Gasteiger partial charge in [-0.25, -0.2) is 9.97 Å². The summed E-state index contributed by atoms with van der Waals surface area (Å²) in [7, 11) is 1.50. The van der Waals surface area contributed by atoms with E-state index in [1.54, 1.807) is 6.92 Å². The van der Waals surface area contributed by atoms with Gasteiger partial charge in [-0.05, 0) is 6.92 Å². The van der Waals surface area contributed by atoms with Crippen LogP contribution in [0.2, 0.25) is 0 Å². The van der Waals surface area contributed by atoms with Crippen molar-refractivity contribution in [2.75, 3.05) is 19.0 Å². The van der Waals surface area contributed by atoms with Crippen molar-refractivity contribution in [1.29, 1.82) is 0 Å². The molecule has 0 saturated heterocycles. The Morgan fingerprint density at radius 3 is 2.93 bits per heavy atom. The minimum absolute atomic E-state index is 0.180. The average molecular weight is 197 g/mol. The molecule has 0 spiro atoms. The molecule has 0 amide bonds. The molecule has 1 aromatic rings. The smallest absolute Gasteiger partial charge is 0.322 e. The Morgan fingerprint density at radius 1 is 1.64 bits per heavy atom. The molecule has 14 heavy (non-hydrogen) atoms. The van der Waals surface area contributed by atoms with E-state index in [4.69, 9.17) is 9.84 Å². The van der Waals surface area contributed by atoms with Gasteiger partial charge in [0.1, 0.15) is 18.7 Å². The number of carboxylic acid groups (broad SMARTS) is 1. The minimum atomic E-state index is -0.943. The Morgan fingerprint density at radius 2 is 2.36 bits per heavy atom. The highest BCUT2D eigenvalue weighted by Gasteiger charge is 2.07. The molecule has 76 valence electrons. The van der Waals surface area contributed by atoms with Crippen LogP contribution in [0.15, 0.2) is 6.33 Å². The third-order valence-corrected chi connectivity index (χ3v) is 1.64. The Hall–Kier alpha value is -1.85. The number of hydrogen-bond donors (Lipinski definition) is 2. The second kappa shape index (κ2) is 4.40. The van der Waals surface area contributed by atoms with Gasteiger partial charge in [-0.3, -0.25) is 4.79 Å². The van der Waals surface area contributed by atoms with Crippen molar-refractivity contribution in [3.63, 3.8) is 0 Å². The van der Waals surface area contributed by atoms with Crippen molar-refractivity contribution in [3.05, 3.63) is 11.9 Å². The van der Waals surface area contributed by atoms with E-state index < -0.39 is 5.97 Å². The maximum absolute atomic E-state index is 10.3. The molecule has 0 fully saturated rings. The third-order valence-electron chi connectivity index (χ3n) is 1.64. The van der Waals surface area contributed by atoms with Gasteiger partial charge in [-0.15, -0.1) is 0 Å². The van der Waals surface area contributed by atoms with Crippen LogP contribution in [0.3, 0.4) is 0 Å². The van der Waals surface area contributed by atoms with Crippen molar-refractivity contribution in [3.8, 4) is 5.88 Å². The monoisotopic (exact) mass is 197 g/mol. The summed E-state index contributed by atoms with van der Waals surface area (Å²) in [6.45, 7) is 1.57. The summed E-state index contributed by atoms with van der Waals surface area (Å²) in [4.78, 5) is 18.1. The summed E-state index contributed by atoms with van der Waals surface area (Å²) in [5, 5.41) is 11.1. The van der Waals surface area contributed by atoms with Crippen molar-refractivity contribution in [2.24, 2.45) is 0 Å². The summed E-state index contributed by atoms with van der Waals surface area (Å²) < 4.78 is 4.95. The molecule has 0 radical (unpaired) electrons. The molecule has 0 aliphatic rings. The Balaban J connectivity index is 2.81. The quantitative estimate of drug-likeness (QED) is 0.721. The highest BCUT2D eigenvalue weighted by atomic mass is 16.5. The van der Waals surface area contributed by atoms with Crippen molar-refractivity contribution >= 4 is 11.8 Å². The van der Waals surface area contributed by atoms with Gasteiger partial charge in [-0.1, -0.05) is 0 Å². The summed E-state index contributed by atoms with van der Waals surface area (Å²) in [5.74, 6) is -0.0332. The first-order valence-corrected chi connectivity index (χ1v) is 3.96. The van der Waals surface area contributed by atoms with Crippen LogP contribution in [0.1, 0.15) is 5.56 Å². The van der Waals surface area contributed by atoms with Crippen LogP contribution < -0.4 is 10.1 Å². The van der Waals surface area contributed by atoms with Crippen LogP contribution in [-0.4, -0.2) is 34.7 Å². The van der Waals surface area contributed by atoms with Gasteiger partial charge < -0.3 is 15.2 Å². The van der Waals surface area contributed by atoms with E-state index in [2.05, 4.69) is 15.3 Å². The van der Waals surface area contributed by atoms with E-state index in [-0.39, 0.29) is 6.54 Å². The zero-order valence-corrected chi connectivity index (χ0v) is 7.94. The second-order valence-electron chi connectivity index (χ2n) is 2.60. The number of nitrogens with one attached hydrogen (secondary N) is 1. The van der Waals surface area contributed by atoms with Crippen LogP contribution in [0.25, 0.3) is 0 Å². The number of methoxy groups -OCH3 is 1. The fourth-order valence-electron chi connectivity index (χ4n) is 0.977. The van der Waals surface area contributed by atoms with Crippen LogP contribution in [0, 0.1) is 6.92 Å². The normalized spacial score (nSPS) is 9.57. The molecule has 0 aromatic carbocycles. The number of aromatic nitrogens is 2. The molecule has 0 aliphatic heterocycles. The van der Waals surface area contributed by atoms with E-state index >= 15 is 0 Å². The first kappa shape index (κ1) is 10.2. The number of ether oxygens (including phenoxy) is 1. The van der Waals surface area contributed by atoms with Gasteiger partial charge >= 0.3 is 5.97 Å². The van der Waals surface area contributed by atoms with E-state index in [1.165, 1.54) is 13.4 Å². The molecule has 1 heterocycles. The number of hydrogen-bond acceptors (Lipinski definition) is 5. The van der Waals surface area contributed by atoms with Gasteiger partial charge in [0.2, 0.25) is 5.88 Å². The summed E-state index contributed by atoms with van der Waals surface area (Å²) in [5.41, 5.74) is 0.691. The predicted molar refractivity (Wildman–Crippen MR) is 49.4 cm³/mol. The third kappa shape index (κ3) is 2.32. The number of carbonyl (C=O) groups is 1. The highest BCUT2D eigenvalue weighted by Crippen LogP contribution is 2.19. The molecule has 0 unspecified atom stereocenters. The molecule has 2 N–H and O–H groups in total. The average Bonchev–Trinajstić information content (AvgIpc) is 2.16. The molecule has 6 heteroatoms. The molecular formula is C8H11N3O3. The zero-order chi connectivity index (χ0) is 10.6. The van der Waals surface area contributed by atoms with Gasteiger partial charge in [0, 0.05) is 0 Å². The Bertz CT molecular complexity index is 341. The van der Waals surface area contributed by atoms with Crippen LogP contribution in [0.4, 0.5) is 5.82 Å². The highest BCUT2D eigenvalue weighted by molar-refractivity contribution is 5.72. The zero-order valence-electron chi connectivity index (χ0n) is 7.94. The molecular weight excluding hydrogens is 186 g/mol. The number of aliphatic carboxylic acids is 1. The van der Waals surface area contributed by atoms with Gasteiger partial charge in [0.25, 0.3) is 0 Å². The largest absolute Gasteiger partial charge is 0.481 e. The summed E-state index contributed by atoms with van der Waals surface area (Å²) >= 11 is 0. The molecule has 6 nitrogen and oxygen atoms in total. The summed E-state index contributed by atoms with van der Waals surface area (Å²) in [6, 6.07) is 0. The molecule has 1 rings (SSSR count). The minimum Gasteiger partial charge on any atom is -0.481 e. The topological polar surface area (TPSA) is 84.3 Å². The molecule has 0 bridgehead atoms. The number of nitrogens with zero attached hydrogens (tertiary/aromatic N) is 2. The van der Waals surface area contributed by atoms with Crippen LogP contribution >= 0.6 is 0 Å². The fraction of sp³-hybridized carbons (Fsp3) is 0.375. The number of anilines is 1.